The van der Waals surface area contributed by atoms with Crippen LogP contribution in [0.15, 0.2) is 63.8 Å². The van der Waals surface area contributed by atoms with E-state index in [4.69, 9.17) is 25.9 Å². The first-order chi connectivity index (χ1) is 29.0. The highest BCUT2D eigenvalue weighted by Crippen LogP contribution is 2.60. The summed E-state index contributed by atoms with van der Waals surface area (Å²) in [5.41, 5.74) is 15.1. The Morgan fingerprint density at radius 1 is 1.13 bits per heavy atom. The fraction of sp³-hybridized carbons (Fsp3) is 0.667. The Hall–Kier alpha value is -3.68. The third-order valence-corrected chi connectivity index (χ3v) is 13.9. The highest BCUT2D eigenvalue weighted by atomic mass is 16.5. The molecule has 60 heavy (non-hydrogen) atoms. The van der Waals surface area contributed by atoms with Crippen LogP contribution < -0.4 is 26.8 Å². The maximum absolute atomic E-state index is 11.4. The minimum atomic E-state index is -0.957. The van der Waals surface area contributed by atoms with Gasteiger partial charge in [0.25, 0.3) is 0 Å². The molecule has 0 aromatic heterocycles. The molecule has 10 N–H and O–H groups in total. The summed E-state index contributed by atoms with van der Waals surface area (Å²) >= 11 is 0. The molecule has 2 bridgehead atoms. The molecule has 7 rings (SSSR count). The molecule has 2 saturated carbocycles. The van der Waals surface area contributed by atoms with Crippen LogP contribution in [0.5, 0.6) is 11.5 Å². The number of hydrogen-bond acceptors (Lipinski definition) is 10. The van der Waals surface area contributed by atoms with Gasteiger partial charge in [-0.2, -0.15) is 12.0 Å². The van der Waals surface area contributed by atoms with Crippen molar-refractivity contribution in [2.45, 2.75) is 122 Å². The second-order valence-electron chi connectivity index (χ2n) is 18.3. The van der Waals surface area contributed by atoms with Gasteiger partial charge in [0, 0.05) is 44.8 Å². The van der Waals surface area contributed by atoms with E-state index in [-0.39, 0.29) is 42.3 Å². The van der Waals surface area contributed by atoms with E-state index < -0.39 is 12.2 Å². The third-order valence-electron chi connectivity index (χ3n) is 13.9. The molecule has 0 radical (unpaired) electrons. The van der Waals surface area contributed by atoms with Crippen LogP contribution in [0, 0.1) is 47.0 Å². The molecule has 0 amide bonds. The van der Waals surface area contributed by atoms with Crippen molar-refractivity contribution in [2.24, 2.45) is 56.5 Å². The molecule has 9 atom stereocenters. The van der Waals surface area contributed by atoms with Crippen LogP contribution in [-0.4, -0.2) is 96.8 Å². The minimum Gasteiger partial charge on any atom is -0.592 e. The zero-order valence-electron chi connectivity index (χ0n) is 36.5. The van der Waals surface area contributed by atoms with Crippen LogP contribution in [0.4, 0.5) is 0 Å². The molecule has 12 nitrogen and oxygen atoms in total. The normalized spacial score (nSPS) is 26.4. The maximum Gasteiger partial charge on any atom is 0.196 e. The van der Waals surface area contributed by atoms with Gasteiger partial charge in [-0.15, -0.1) is 4.99 Å². The van der Waals surface area contributed by atoms with Crippen LogP contribution in [0.3, 0.4) is 0 Å². The second kappa shape index (κ2) is 21.9. The lowest BCUT2D eigenvalue weighted by Crippen LogP contribution is -2.41. The monoisotopic (exact) mass is 831 g/mol. The summed E-state index contributed by atoms with van der Waals surface area (Å²) in [5.74, 6) is 4.87. The Bertz CT molecular complexity index is 1690. The summed E-state index contributed by atoms with van der Waals surface area (Å²) in [6.07, 6.45) is 22.2. The number of hydrogen-bond donors (Lipinski definition) is 8. The Kier molecular flexibility index (Phi) is 16.7. The van der Waals surface area contributed by atoms with Gasteiger partial charge < -0.3 is 52.0 Å². The van der Waals surface area contributed by atoms with Crippen LogP contribution in [0.2, 0.25) is 0 Å². The van der Waals surface area contributed by atoms with Gasteiger partial charge in [0.2, 0.25) is 0 Å². The first kappa shape index (κ1) is 45.8. The lowest BCUT2D eigenvalue weighted by atomic mass is 9.64. The Morgan fingerprint density at radius 2 is 1.97 bits per heavy atom. The van der Waals surface area contributed by atoms with Crippen molar-refractivity contribution in [3.8, 4) is 11.5 Å². The van der Waals surface area contributed by atoms with Crippen LogP contribution in [0.25, 0.3) is 0 Å². The standard InChI is InChI=1S/C48H74N6O6/c1-31(26-53-47(50)51-3)8-6-10-33(18-21-49)9-4-5-12-44-36(29-55)24-38(60-44)15-13-34-14-16-42(57)45(22-34)59-30-43(58)41-25-39-40(28-52-27-32(2)56)48-19-7-11-37(48)23-35(17-20-48)46(39)54-41/h14,16-17,20,22,24-25,31-33,35,37,40,43-44,52,55-58H,4-13,15,18-19,21,23,26-30,49H2,1-3H3,(H3,50,51,53)/t31-,32+,33-,35+,37-,40+,43+,44?,48-/m1/s1. The molecule has 4 aliphatic carbocycles. The van der Waals surface area contributed by atoms with Crippen molar-refractivity contribution >= 4 is 11.7 Å². The number of ether oxygens (including phenoxy) is 2. The van der Waals surface area contributed by atoms with E-state index in [2.05, 4.69) is 40.8 Å². The van der Waals surface area contributed by atoms with Crippen molar-refractivity contribution < 1.29 is 29.9 Å². The number of aliphatic hydroxyl groups excluding tert-OH is 3. The van der Waals surface area contributed by atoms with E-state index in [0.717, 1.165) is 87.4 Å². The van der Waals surface area contributed by atoms with Crippen LogP contribution in [-0.2, 0) is 11.2 Å². The van der Waals surface area contributed by atoms with Gasteiger partial charge >= 0.3 is 0 Å². The fourth-order valence-corrected chi connectivity index (χ4v) is 10.5. The zero-order valence-corrected chi connectivity index (χ0v) is 36.5. The van der Waals surface area contributed by atoms with Crippen molar-refractivity contribution in [1.82, 2.24) is 10.6 Å². The number of phenolic OH excluding ortho intramolecular Hbond substituents is 1. The lowest BCUT2D eigenvalue weighted by Gasteiger charge is -2.39. The average molecular weight is 831 g/mol. The summed E-state index contributed by atoms with van der Waals surface area (Å²) in [6.45, 7) is 6.83. The molecule has 1 unspecified atom stereocenters. The molecular formula is C48H74N6O6. The number of rotatable bonds is 25. The number of unbranched alkanes of at least 4 members (excludes halogenated alkanes) is 1. The van der Waals surface area contributed by atoms with Gasteiger partial charge in [-0.05, 0) is 93.9 Å². The van der Waals surface area contributed by atoms with Crippen molar-refractivity contribution in [3.05, 3.63) is 71.4 Å². The van der Waals surface area contributed by atoms with Crippen LogP contribution in [0.1, 0.15) is 103 Å². The number of guanidine groups is 1. The summed E-state index contributed by atoms with van der Waals surface area (Å²) in [6, 6.07) is 5.96. The van der Waals surface area contributed by atoms with E-state index in [9.17, 15) is 20.4 Å². The van der Waals surface area contributed by atoms with Gasteiger partial charge in [0.1, 0.15) is 12.2 Å². The van der Waals surface area contributed by atoms with E-state index >= 15 is 0 Å². The quantitative estimate of drug-likeness (QED) is 0.0200. The van der Waals surface area contributed by atoms with E-state index in [1.807, 2.05) is 18.2 Å². The summed E-state index contributed by atoms with van der Waals surface area (Å²) < 4.78 is 12.4. The minimum absolute atomic E-state index is 0.0200. The highest BCUT2D eigenvalue weighted by molar-refractivity contribution is 6.07. The molecule has 6 aliphatic rings. The summed E-state index contributed by atoms with van der Waals surface area (Å²) in [5, 5.41) is 48.9. The largest absolute Gasteiger partial charge is 0.592 e. The van der Waals surface area contributed by atoms with E-state index in [1.165, 1.54) is 31.3 Å². The number of aryl methyl sites for hydroxylation is 1. The van der Waals surface area contributed by atoms with Gasteiger partial charge in [-0.25, -0.2) is 0 Å². The summed E-state index contributed by atoms with van der Waals surface area (Å²) in [7, 11) is 1.69. The Balaban J connectivity index is 0.953. The van der Waals surface area contributed by atoms with Crippen molar-refractivity contribution in [1.29, 1.82) is 0 Å². The first-order valence-electron chi connectivity index (χ1n) is 22.9. The second-order valence-corrected chi connectivity index (χ2v) is 18.3. The fourth-order valence-electron chi connectivity index (χ4n) is 10.5. The predicted octanol–water partition coefficient (Wildman–Crippen LogP) is 5.66. The van der Waals surface area contributed by atoms with Gasteiger partial charge in [-0.3, -0.25) is 4.99 Å². The SMILES string of the molecule is CN=C(N)NC[C@H](C)CCC[C@H](CCN)CCCCC1OC(CCc2ccc(O)c(OC[C@H](O)[C+]3C=C4C(=N3)[C@H]3C=C[C@@]5(CCC[C@@H]5C3)[C@H]4CNC[C@H](C)O)c2)=C[C-]1CO. The number of aromatic hydroxyl groups is 1. The number of aliphatic imine (C=N–C) groups is 2. The van der Waals surface area contributed by atoms with Gasteiger partial charge in [-0.1, -0.05) is 75.8 Å². The number of phenols is 1. The summed E-state index contributed by atoms with van der Waals surface area (Å²) in [4.78, 5) is 9.01. The topological polar surface area (TPSA) is 200 Å². The van der Waals surface area contributed by atoms with Crippen LogP contribution >= 0.6 is 0 Å². The molecule has 332 valence electrons. The zero-order chi connectivity index (χ0) is 42.6. The number of nitrogens with zero attached hydrogens (tertiary/aromatic N) is 2. The third kappa shape index (κ3) is 11.6. The van der Waals surface area contributed by atoms with E-state index in [1.54, 1.807) is 20.0 Å². The average Bonchev–Trinajstić information content (AvgIpc) is 3.96. The number of nitrogens with two attached hydrogens (primary N) is 2. The van der Waals surface area contributed by atoms with Gasteiger partial charge in [0.05, 0.1) is 24.0 Å². The molecule has 2 heterocycles. The molecule has 1 aromatic carbocycles. The molecule has 1 spiro atoms. The lowest BCUT2D eigenvalue weighted by molar-refractivity contribution is 0.119. The molecule has 1 aromatic rings. The first-order valence-corrected chi connectivity index (χ1v) is 22.9. The number of aliphatic hydroxyl groups is 3. The molecule has 2 fully saturated rings. The Morgan fingerprint density at radius 3 is 2.75 bits per heavy atom. The number of benzene rings is 1. The molecule has 12 heteroatoms. The van der Waals surface area contributed by atoms with Gasteiger partial charge in [0.15, 0.2) is 35.3 Å². The predicted molar refractivity (Wildman–Crippen MR) is 239 cm³/mol. The number of allylic oxidation sites excluding steroid dienone is 3. The number of nitrogens with one attached hydrogen (secondary N) is 2. The smallest absolute Gasteiger partial charge is 0.196 e. The maximum atomic E-state index is 11.4. The highest BCUT2D eigenvalue weighted by Gasteiger charge is 2.59. The van der Waals surface area contributed by atoms with Crippen molar-refractivity contribution in [2.75, 3.05) is 46.4 Å². The van der Waals surface area contributed by atoms with Crippen molar-refractivity contribution in [3.63, 3.8) is 0 Å². The van der Waals surface area contributed by atoms with E-state index in [0.29, 0.717) is 61.4 Å². The molecular weight excluding hydrogens is 757 g/mol. The molecule has 2 aliphatic heterocycles. The Labute approximate surface area is 359 Å². The molecule has 0 saturated heterocycles.